The van der Waals surface area contributed by atoms with Gasteiger partial charge in [0.25, 0.3) is 0 Å². The fourth-order valence-electron chi connectivity index (χ4n) is 8.37. The summed E-state index contributed by atoms with van der Waals surface area (Å²) in [7, 11) is -1.96. The van der Waals surface area contributed by atoms with Crippen LogP contribution in [0.2, 0.25) is 0 Å². The second-order valence-corrected chi connectivity index (χ2v) is 19.0. The van der Waals surface area contributed by atoms with Crippen LogP contribution in [0.4, 0.5) is 32.3 Å². The van der Waals surface area contributed by atoms with Gasteiger partial charge in [0.2, 0.25) is 21.9 Å². The number of sulfonamides is 1. The van der Waals surface area contributed by atoms with Crippen molar-refractivity contribution >= 4 is 16.0 Å². The smallest absolute Gasteiger partial charge is 0.388 e. The zero-order valence-corrected chi connectivity index (χ0v) is 32.1. The standard InChI is InChI=1S/C39H49F6N5O3S/c1-23(2)54(52,53)49(5)22-24-20-46-36(47-21-24)50-16-12-27(13-17-50)35-33(34(40)26-6-8-28(9-7-26)39(43,44)45)31(25-10-14-38(41,42)15-11-25)32-29(48-35)18-37(3,4)19-30(32)51/h6-9,20-21,23,25,27,30,34,51H,10-19,22H2,1-5H3/t30-,34?/m0/s1. The van der Waals surface area contributed by atoms with Crippen LogP contribution in [0.25, 0.3) is 0 Å². The van der Waals surface area contributed by atoms with Gasteiger partial charge in [-0.25, -0.2) is 35.9 Å². The van der Waals surface area contributed by atoms with Crippen LogP contribution < -0.4 is 4.90 Å². The number of rotatable bonds is 9. The number of hydrogen-bond donors (Lipinski definition) is 1. The Morgan fingerprint density at radius 3 is 2.11 bits per heavy atom. The number of nitrogens with zero attached hydrogens (tertiary/aromatic N) is 5. The van der Waals surface area contributed by atoms with E-state index in [9.17, 15) is 35.5 Å². The highest BCUT2D eigenvalue weighted by Gasteiger charge is 2.44. The summed E-state index contributed by atoms with van der Waals surface area (Å²) in [4.78, 5) is 16.1. The third kappa shape index (κ3) is 8.42. The number of hydrogen-bond acceptors (Lipinski definition) is 7. The minimum Gasteiger partial charge on any atom is -0.388 e. The molecule has 2 aliphatic carbocycles. The van der Waals surface area contributed by atoms with Crippen molar-refractivity contribution in [2.75, 3.05) is 25.0 Å². The quantitative estimate of drug-likeness (QED) is 0.217. The van der Waals surface area contributed by atoms with Crippen LogP contribution in [0, 0.1) is 5.41 Å². The van der Waals surface area contributed by atoms with Gasteiger partial charge in [0.05, 0.1) is 22.6 Å². The predicted molar refractivity (Wildman–Crippen MR) is 194 cm³/mol. The topological polar surface area (TPSA) is 99.5 Å². The highest BCUT2D eigenvalue weighted by molar-refractivity contribution is 7.89. The molecule has 1 saturated heterocycles. The highest BCUT2D eigenvalue weighted by Crippen LogP contribution is 2.52. The number of aliphatic hydroxyl groups excluding tert-OH is 1. The van der Waals surface area contributed by atoms with Crippen molar-refractivity contribution < 1.29 is 39.9 Å². The average molecular weight is 782 g/mol. The van der Waals surface area contributed by atoms with Gasteiger partial charge < -0.3 is 10.0 Å². The highest BCUT2D eigenvalue weighted by atomic mass is 32.2. The lowest BCUT2D eigenvalue weighted by atomic mass is 9.68. The molecule has 1 saturated carbocycles. The van der Waals surface area contributed by atoms with Crippen LogP contribution in [-0.4, -0.2) is 64.1 Å². The van der Waals surface area contributed by atoms with Gasteiger partial charge in [0.1, 0.15) is 0 Å². The van der Waals surface area contributed by atoms with E-state index in [2.05, 4.69) is 9.97 Å². The van der Waals surface area contributed by atoms with Crippen molar-refractivity contribution in [3.63, 3.8) is 0 Å². The van der Waals surface area contributed by atoms with Crippen LogP contribution in [0.5, 0.6) is 0 Å². The molecule has 3 heterocycles. The van der Waals surface area contributed by atoms with Gasteiger partial charge in [0.15, 0.2) is 6.17 Å². The first-order chi connectivity index (χ1) is 25.2. The summed E-state index contributed by atoms with van der Waals surface area (Å²) in [6.45, 7) is 8.32. The zero-order chi connectivity index (χ0) is 39.4. The molecule has 0 amide bonds. The first-order valence-corrected chi connectivity index (χ1v) is 20.1. The Morgan fingerprint density at radius 1 is 0.963 bits per heavy atom. The summed E-state index contributed by atoms with van der Waals surface area (Å²) < 4.78 is 113. The van der Waals surface area contributed by atoms with Crippen LogP contribution in [0.3, 0.4) is 0 Å². The van der Waals surface area contributed by atoms with Crippen molar-refractivity contribution in [2.24, 2.45) is 5.41 Å². The second kappa shape index (κ2) is 15.0. The molecule has 8 nitrogen and oxygen atoms in total. The number of aromatic nitrogens is 3. The number of piperidine rings is 1. The van der Waals surface area contributed by atoms with Gasteiger partial charge >= 0.3 is 6.18 Å². The van der Waals surface area contributed by atoms with Crippen LogP contribution >= 0.6 is 0 Å². The molecule has 0 spiro atoms. The molecule has 1 N–H and O–H groups in total. The molecule has 6 rings (SSSR count). The molecule has 0 radical (unpaired) electrons. The Morgan fingerprint density at radius 2 is 1.56 bits per heavy atom. The van der Waals surface area contributed by atoms with E-state index in [1.165, 1.54) is 11.4 Å². The number of anilines is 1. The molecule has 15 heteroatoms. The Balaban J connectivity index is 1.36. The van der Waals surface area contributed by atoms with E-state index in [0.29, 0.717) is 72.8 Å². The molecule has 2 atom stereocenters. The van der Waals surface area contributed by atoms with E-state index in [1.54, 1.807) is 26.2 Å². The molecular weight excluding hydrogens is 733 g/mol. The van der Waals surface area contributed by atoms with Crippen LogP contribution in [-0.2, 0) is 29.2 Å². The number of alkyl halides is 6. The molecule has 1 aliphatic heterocycles. The van der Waals surface area contributed by atoms with Crippen molar-refractivity contribution in [1.82, 2.24) is 19.3 Å². The largest absolute Gasteiger partial charge is 0.416 e. The molecule has 1 aromatic carbocycles. The van der Waals surface area contributed by atoms with E-state index >= 15 is 4.39 Å². The lowest BCUT2D eigenvalue weighted by Gasteiger charge is -2.41. The molecule has 1 unspecified atom stereocenters. The molecule has 2 aromatic heterocycles. The lowest BCUT2D eigenvalue weighted by molar-refractivity contribution is -0.137. The number of fused-ring (bicyclic) bond motifs is 1. The number of benzene rings is 1. The van der Waals surface area contributed by atoms with Crippen LogP contribution in [0.1, 0.15) is 142 Å². The number of aliphatic hydroxyl groups is 1. The van der Waals surface area contributed by atoms with Gasteiger partial charge in [-0.3, -0.25) is 4.98 Å². The van der Waals surface area contributed by atoms with Gasteiger partial charge in [-0.2, -0.15) is 13.2 Å². The fourth-order valence-corrected chi connectivity index (χ4v) is 9.42. The van der Waals surface area contributed by atoms with Gasteiger partial charge in [0, 0.05) is 80.2 Å². The van der Waals surface area contributed by atoms with Gasteiger partial charge in [-0.15, -0.1) is 0 Å². The summed E-state index contributed by atoms with van der Waals surface area (Å²) in [5.74, 6) is -3.17. The SMILES string of the molecule is CC(C)S(=O)(=O)N(C)Cc1cnc(N2CCC(c3nc4c(c(C5CCC(F)(F)CC5)c3C(F)c3ccc(C(F)(F)F)cc3)[C@@H](O)CC(C)(C)C4)CC2)nc1. The Labute approximate surface area is 313 Å². The maximum absolute atomic E-state index is 17.3. The molecule has 3 aromatic rings. The van der Waals surface area contributed by atoms with Crippen molar-refractivity contribution in [3.05, 3.63) is 81.4 Å². The monoisotopic (exact) mass is 781 g/mol. The Kier molecular flexibility index (Phi) is 11.2. The van der Waals surface area contributed by atoms with Crippen LogP contribution in [0.15, 0.2) is 36.7 Å². The minimum atomic E-state index is -4.61. The van der Waals surface area contributed by atoms with E-state index in [1.807, 2.05) is 18.7 Å². The molecular formula is C39H49F6N5O3S. The Hall–Kier alpha value is -3.30. The minimum absolute atomic E-state index is 0.00298. The third-order valence-corrected chi connectivity index (χ3v) is 13.5. The lowest BCUT2D eigenvalue weighted by Crippen LogP contribution is -2.36. The van der Waals surface area contributed by atoms with Crippen molar-refractivity contribution in [2.45, 2.75) is 127 Å². The third-order valence-electron chi connectivity index (χ3n) is 11.3. The summed E-state index contributed by atoms with van der Waals surface area (Å²) >= 11 is 0. The van der Waals surface area contributed by atoms with E-state index in [-0.39, 0.29) is 54.7 Å². The summed E-state index contributed by atoms with van der Waals surface area (Å²) in [6.07, 6.45) is -3.08. The summed E-state index contributed by atoms with van der Waals surface area (Å²) in [6, 6.07) is 3.93. The normalized spacial score (nSPS) is 21.7. The first kappa shape index (κ1) is 40.4. The molecule has 3 aliphatic rings. The average Bonchev–Trinajstić information content (AvgIpc) is 3.10. The molecule has 296 valence electrons. The van der Waals surface area contributed by atoms with Gasteiger partial charge in [-0.1, -0.05) is 26.0 Å². The number of pyridine rings is 1. The summed E-state index contributed by atoms with van der Waals surface area (Å²) in [5.41, 5.74) is 1.61. The number of halogens is 6. The van der Waals surface area contributed by atoms with Crippen molar-refractivity contribution in [3.8, 4) is 0 Å². The van der Waals surface area contributed by atoms with E-state index in [0.717, 1.165) is 24.3 Å². The Bertz CT molecular complexity index is 1900. The van der Waals surface area contributed by atoms with Gasteiger partial charge in [-0.05, 0) is 87.0 Å². The zero-order valence-electron chi connectivity index (χ0n) is 31.3. The maximum Gasteiger partial charge on any atom is 0.416 e. The molecule has 0 bridgehead atoms. The van der Waals surface area contributed by atoms with E-state index in [4.69, 9.17) is 4.98 Å². The maximum atomic E-state index is 17.3. The first-order valence-electron chi connectivity index (χ1n) is 18.6. The van der Waals surface area contributed by atoms with Crippen molar-refractivity contribution in [1.29, 1.82) is 0 Å². The molecule has 54 heavy (non-hydrogen) atoms. The molecule has 2 fully saturated rings. The predicted octanol–water partition coefficient (Wildman–Crippen LogP) is 8.80. The second-order valence-electron chi connectivity index (χ2n) is 16.4. The fraction of sp³-hybridized carbons (Fsp3) is 0.615. The summed E-state index contributed by atoms with van der Waals surface area (Å²) in [5, 5.41) is 11.0. The van der Waals surface area contributed by atoms with E-state index < -0.39 is 51.1 Å².